The minimum absolute atomic E-state index is 0.266. The average Bonchev–Trinajstić information content (AvgIpc) is 2.69. The van der Waals surface area contributed by atoms with Gasteiger partial charge in [0.1, 0.15) is 11.6 Å². The van der Waals surface area contributed by atoms with Gasteiger partial charge in [-0.25, -0.2) is 9.37 Å². The van der Waals surface area contributed by atoms with Crippen LogP contribution in [0.3, 0.4) is 0 Å². The van der Waals surface area contributed by atoms with Gasteiger partial charge >= 0.3 is 0 Å². The van der Waals surface area contributed by atoms with Crippen molar-refractivity contribution in [3.63, 3.8) is 0 Å². The fraction of sp³-hybridized carbons (Fsp3) is 0.133. The molecule has 0 radical (unpaired) electrons. The third-order valence-corrected chi connectivity index (χ3v) is 3.93. The molecule has 3 rings (SSSR count). The molecular weight excluding hydrogens is 321 g/mol. The summed E-state index contributed by atoms with van der Waals surface area (Å²) in [6.45, 7) is 3.81. The molecular formula is C15H13BrFN3. The van der Waals surface area contributed by atoms with Crippen LogP contribution in [0.2, 0.25) is 0 Å². The van der Waals surface area contributed by atoms with Crippen LogP contribution in [-0.2, 0) is 0 Å². The maximum atomic E-state index is 13.6. The molecule has 0 unspecified atom stereocenters. The van der Waals surface area contributed by atoms with Crippen molar-refractivity contribution in [3.8, 4) is 5.69 Å². The van der Waals surface area contributed by atoms with Gasteiger partial charge in [-0.3, -0.25) is 4.57 Å². The second-order valence-corrected chi connectivity index (χ2v) is 5.65. The Morgan fingerprint density at radius 2 is 1.95 bits per heavy atom. The largest absolute Gasteiger partial charge is 0.399 e. The van der Waals surface area contributed by atoms with E-state index in [4.69, 9.17) is 5.73 Å². The van der Waals surface area contributed by atoms with E-state index >= 15 is 0 Å². The predicted molar refractivity (Wildman–Crippen MR) is 82.6 cm³/mol. The zero-order valence-corrected chi connectivity index (χ0v) is 12.7. The molecule has 0 spiro atoms. The summed E-state index contributed by atoms with van der Waals surface area (Å²) in [6, 6.07) is 8.90. The summed E-state index contributed by atoms with van der Waals surface area (Å²) in [5.41, 5.74) is 10.0. The van der Waals surface area contributed by atoms with Gasteiger partial charge in [0.25, 0.3) is 0 Å². The second-order valence-electron chi connectivity index (χ2n) is 4.80. The van der Waals surface area contributed by atoms with Crippen molar-refractivity contribution in [1.29, 1.82) is 0 Å². The number of nitrogens with two attached hydrogens (primary N) is 1. The van der Waals surface area contributed by atoms with Gasteiger partial charge in [0.2, 0.25) is 0 Å². The lowest BCUT2D eigenvalue weighted by Crippen LogP contribution is -2.00. The molecule has 0 bridgehead atoms. The third-order valence-electron chi connectivity index (χ3n) is 3.33. The Morgan fingerprint density at radius 1 is 1.20 bits per heavy atom. The Morgan fingerprint density at radius 3 is 2.70 bits per heavy atom. The molecule has 0 atom stereocenters. The van der Waals surface area contributed by atoms with Gasteiger partial charge in [0.15, 0.2) is 0 Å². The standard InChI is InChI=1S/C15H13BrFN3/c1-8-5-12(17)11(16)7-15(8)20-9(2)19-13-6-10(18)3-4-14(13)20/h3-7H,18H2,1-2H3. The summed E-state index contributed by atoms with van der Waals surface area (Å²) in [6.07, 6.45) is 0. The Balaban J connectivity index is 2.35. The molecule has 2 aromatic carbocycles. The minimum atomic E-state index is -0.266. The smallest absolute Gasteiger partial charge is 0.137 e. The quantitative estimate of drug-likeness (QED) is 0.680. The number of benzene rings is 2. The Labute approximate surface area is 124 Å². The number of nitrogens with zero attached hydrogens (tertiary/aromatic N) is 2. The van der Waals surface area contributed by atoms with Crippen LogP contribution in [0.15, 0.2) is 34.8 Å². The normalized spacial score (nSPS) is 11.2. The minimum Gasteiger partial charge on any atom is -0.399 e. The zero-order chi connectivity index (χ0) is 14.4. The van der Waals surface area contributed by atoms with E-state index in [0.29, 0.717) is 10.2 Å². The van der Waals surface area contributed by atoms with E-state index in [2.05, 4.69) is 20.9 Å². The van der Waals surface area contributed by atoms with Crippen LogP contribution < -0.4 is 5.73 Å². The molecule has 0 saturated heterocycles. The molecule has 1 aromatic heterocycles. The number of anilines is 1. The monoisotopic (exact) mass is 333 g/mol. The van der Waals surface area contributed by atoms with Crippen molar-refractivity contribution in [3.05, 3.63) is 52.0 Å². The fourth-order valence-corrected chi connectivity index (χ4v) is 2.73. The summed E-state index contributed by atoms with van der Waals surface area (Å²) in [7, 11) is 0. The lowest BCUT2D eigenvalue weighted by Gasteiger charge is -2.11. The molecule has 3 aromatic rings. The van der Waals surface area contributed by atoms with Gasteiger partial charge in [0, 0.05) is 5.69 Å². The molecule has 0 aliphatic heterocycles. The van der Waals surface area contributed by atoms with Crippen molar-refractivity contribution >= 4 is 32.7 Å². The highest BCUT2D eigenvalue weighted by Gasteiger charge is 2.13. The molecule has 5 heteroatoms. The topological polar surface area (TPSA) is 43.8 Å². The maximum Gasteiger partial charge on any atom is 0.137 e. The van der Waals surface area contributed by atoms with Crippen molar-refractivity contribution in [2.45, 2.75) is 13.8 Å². The highest BCUT2D eigenvalue weighted by atomic mass is 79.9. The Kier molecular flexibility index (Phi) is 3.01. The summed E-state index contributed by atoms with van der Waals surface area (Å²) in [4.78, 5) is 4.52. The fourth-order valence-electron chi connectivity index (χ4n) is 2.40. The number of halogens is 2. The number of aryl methyl sites for hydroxylation is 2. The number of hydrogen-bond acceptors (Lipinski definition) is 2. The van der Waals surface area contributed by atoms with Crippen LogP contribution in [0.1, 0.15) is 11.4 Å². The average molecular weight is 334 g/mol. The van der Waals surface area contributed by atoms with Crippen LogP contribution in [0, 0.1) is 19.7 Å². The molecule has 0 saturated carbocycles. The summed E-state index contributed by atoms with van der Waals surface area (Å²) >= 11 is 3.24. The lowest BCUT2D eigenvalue weighted by atomic mass is 10.2. The molecule has 0 fully saturated rings. The molecule has 0 aliphatic rings. The number of hydrogen-bond donors (Lipinski definition) is 1. The summed E-state index contributed by atoms with van der Waals surface area (Å²) in [5.74, 6) is 0.574. The van der Waals surface area contributed by atoms with E-state index < -0.39 is 0 Å². The van der Waals surface area contributed by atoms with E-state index in [1.165, 1.54) is 6.07 Å². The van der Waals surface area contributed by atoms with Gasteiger partial charge in [-0.05, 0) is 65.7 Å². The van der Waals surface area contributed by atoms with Gasteiger partial charge < -0.3 is 5.73 Å². The number of imidazole rings is 1. The molecule has 0 aliphatic carbocycles. The first-order valence-corrected chi connectivity index (χ1v) is 6.97. The SMILES string of the molecule is Cc1cc(F)c(Br)cc1-n1c(C)nc2cc(N)ccc21. The van der Waals surface area contributed by atoms with Gasteiger partial charge in [-0.15, -0.1) is 0 Å². The van der Waals surface area contributed by atoms with Crippen LogP contribution in [-0.4, -0.2) is 9.55 Å². The van der Waals surface area contributed by atoms with Gasteiger partial charge in [-0.1, -0.05) is 0 Å². The molecule has 102 valence electrons. The lowest BCUT2D eigenvalue weighted by molar-refractivity contribution is 0.619. The van der Waals surface area contributed by atoms with Crippen molar-refractivity contribution in [2.24, 2.45) is 0 Å². The number of fused-ring (bicyclic) bond motifs is 1. The number of aromatic nitrogens is 2. The molecule has 1 heterocycles. The number of rotatable bonds is 1. The van der Waals surface area contributed by atoms with Gasteiger partial charge in [-0.2, -0.15) is 0 Å². The molecule has 0 amide bonds. The Bertz CT molecular complexity index is 824. The van der Waals surface area contributed by atoms with E-state index in [1.54, 1.807) is 6.07 Å². The molecule has 3 nitrogen and oxygen atoms in total. The second kappa shape index (κ2) is 4.59. The first kappa shape index (κ1) is 13.1. The van der Waals surface area contributed by atoms with Crippen molar-refractivity contribution < 1.29 is 4.39 Å². The molecule has 20 heavy (non-hydrogen) atoms. The van der Waals surface area contributed by atoms with E-state index in [0.717, 1.165) is 28.1 Å². The van der Waals surface area contributed by atoms with E-state index in [1.807, 2.05) is 36.6 Å². The van der Waals surface area contributed by atoms with Gasteiger partial charge in [0.05, 0.1) is 21.2 Å². The predicted octanol–water partition coefficient (Wildman–Crippen LogP) is 4.13. The highest BCUT2D eigenvalue weighted by molar-refractivity contribution is 9.10. The van der Waals surface area contributed by atoms with Crippen LogP contribution in [0.4, 0.5) is 10.1 Å². The first-order chi connectivity index (χ1) is 9.47. The van der Waals surface area contributed by atoms with E-state index in [9.17, 15) is 4.39 Å². The first-order valence-electron chi connectivity index (χ1n) is 6.18. The van der Waals surface area contributed by atoms with E-state index in [-0.39, 0.29) is 5.82 Å². The Hall–Kier alpha value is -1.88. The zero-order valence-electron chi connectivity index (χ0n) is 11.1. The van der Waals surface area contributed by atoms with Crippen molar-refractivity contribution in [2.75, 3.05) is 5.73 Å². The van der Waals surface area contributed by atoms with Crippen LogP contribution in [0.25, 0.3) is 16.7 Å². The maximum absolute atomic E-state index is 13.6. The summed E-state index contributed by atoms with van der Waals surface area (Å²) < 4.78 is 16.0. The molecule has 2 N–H and O–H groups in total. The number of nitrogen functional groups attached to an aromatic ring is 1. The van der Waals surface area contributed by atoms with Crippen molar-refractivity contribution in [1.82, 2.24) is 9.55 Å². The van der Waals surface area contributed by atoms with Crippen LogP contribution in [0.5, 0.6) is 0 Å². The third kappa shape index (κ3) is 1.98. The highest BCUT2D eigenvalue weighted by Crippen LogP contribution is 2.28. The van der Waals surface area contributed by atoms with Crippen LogP contribution >= 0.6 is 15.9 Å². The summed E-state index contributed by atoms with van der Waals surface area (Å²) in [5, 5.41) is 0.